The summed E-state index contributed by atoms with van der Waals surface area (Å²) in [6.07, 6.45) is 4.43. The number of fused-ring (bicyclic) bond motifs is 1. The van der Waals surface area contributed by atoms with Gasteiger partial charge in [0, 0.05) is 0 Å². The fourth-order valence-corrected chi connectivity index (χ4v) is 2.01. The molecule has 2 rings (SSSR count). The fraction of sp³-hybridized carbons (Fsp3) is 0.600. The zero-order valence-corrected chi connectivity index (χ0v) is 7.58. The molecule has 1 fully saturated rings. The highest BCUT2D eigenvalue weighted by molar-refractivity contribution is 5.96. The van der Waals surface area contributed by atoms with Crippen LogP contribution in [0.15, 0.2) is 11.6 Å². The number of rotatable bonds is 1. The van der Waals surface area contributed by atoms with E-state index in [0.29, 0.717) is 12.8 Å². The van der Waals surface area contributed by atoms with E-state index in [9.17, 15) is 9.59 Å². The predicted molar refractivity (Wildman–Crippen MR) is 45.7 cm³/mol. The van der Waals surface area contributed by atoms with Gasteiger partial charge in [-0.1, -0.05) is 18.6 Å². The molecule has 0 aromatic heterocycles. The molecule has 70 valence electrons. The largest absolute Gasteiger partial charge is 0.393 e. The van der Waals surface area contributed by atoms with Crippen molar-refractivity contribution >= 4 is 11.9 Å². The topological polar surface area (TPSA) is 43.4 Å². The van der Waals surface area contributed by atoms with Crippen molar-refractivity contribution in [2.45, 2.75) is 26.2 Å². The minimum atomic E-state index is -0.332. The normalized spacial score (nSPS) is 32.5. The first-order valence-corrected chi connectivity index (χ1v) is 4.65. The molecule has 0 aromatic rings. The standard InChI is InChI=1S/C10H12O3/c1-2-6-3-4-7-8(5-6)10(12)13-9(7)11/h3,7-8H,2,4-5H2,1H3. The summed E-state index contributed by atoms with van der Waals surface area (Å²) in [5.41, 5.74) is 1.27. The first-order valence-electron chi connectivity index (χ1n) is 4.65. The highest BCUT2D eigenvalue weighted by atomic mass is 16.6. The van der Waals surface area contributed by atoms with Gasteiger partial charge in [0.05, 0.1) is 11.8 Å². The van der Waals surface area contributed by atoms with Crippen molar-refractivity contribution in [1.29, 1.82) is 0 Å². The minimum Gasteiger partial charge on any atom is -0.393 e. The number of hydrogen-bond acceptors (Lipinski definition) is 3. The number of allylic oxidation sites excluding steroid dienone is 2. The summed E-state index contributed by atoms with van der Waals surface area (Å²) in [5, 5.41) is 0. The van der Waals surface area contributed by atoms with Crippen LogP contribution in [0.25, 0.3) is 0 Å². The van der Waals surface area contributed by atoms with Crippen LogP contribution in [-0.2, 0) is 14.3 Å². The maximum Gasteiger partial charge on any atom is 0.317 e. The second-order valence-corrected chi connectivity index (χ2v) is 3.61. The average molecular weight is 180 g/mol. The molecule has 0 amide bonds. The Kier molecular flexibility index (Phi) is 1.94. The molecular formula is C10H12O3. The van der Waals surface area contributed by atoms with Gasteiger partial charge < -0.3 is 4.74 Å². The summed E-state index contributed by atoms with van der Waals surface area (Å²) < 4.78 is 4.59. The second kappa shape index (κ2) is 2.98. The van der Waals surface area contributed by atoms with Gasteiger partial charge in [-0.25, -0.2) is 0 Å². The van der Waals surface area contributed by atoms with E-state index in [0.717, 1.165) is 6.42 Å². The zero-order valence-electron chi connectivity index (χ0n) is 7.58. The quantitative estimate of drug-likeness (QED) is 0.348. The Morgan fingerprint density at radius 1 is 1.38 bits per heavy atom. The molecule has 1 saturated heterocycles. The van der Waals surface area contributed by atoms with Crippen molar-refractivity contribution in [3.8, 4) is 0 Å². The third kappa shape index (κ3) is 1.28. The molecule has 13 heavy (non-hydrogen) atoms. The van der Waals surface area contributed by atoms with Crippen LogP contribution in [0.3, 0.4) is 0 Å². The van der Waals surface area contributed by atoms with Gasteiger partial charge >= 0.3 is 11.9 Å². The highest BCUT2D eigenvalue weighted by Gasteiger charge is 2.45. The molecule has 0 radical (unpaired) electrons. The molecule has 1 aliphatic carbocycles. The molecule has 0 spiro atoms. The number of carbonyl (C=O) groups excluding carboxylic acids is 2. The van der Waals surface area contributed by atoms with Crippen molar-refractivity contribution in [2.75, 3.05) is 0 Å². The molecule has 0 saturated carbocycles. The molecule has 2 unspecified atom stereocenters. The van der Waals surface area contributed by atoms with Gasteiger partial charge in [-0.3, -0.25) is 9.59 Å². The SMILES string of the molecule is CCC1=CCC2C(=O)OC(=O)C2C1. The van der Waals surface area contributed by atoms with Crippen LogP contribution < -0.4 is 0 Å². The molecule has 2 aliphatic rings. The van der Waals surface area contributed by atoms with Gasteiger partial charge in [0.2, 0.25) is 0 Å². The lowest BCUT2D eigenvalue weighted by Crippen LogP contribution is -2.21. The van der Waals surface area contributed by atoms with Gasteiger partial charge in [0.1, 0.15) is 0 Å². The van der Waals surface area contributed by atoms with Crippen LogP contribution in [0, 0.1) is 11.8 Å². The Morgan fingerprint density at radius 2 is 2.08 bits per heavy atom. The summed E-state index contributed by atoms with van der Waals surface area (Å²) >= 11 is 0. The van der Waals surface area contributed by atoms with Gasteiger partial charge in [0.15, 0.2) is 0 Å². The minimum absolute atomic E-state index is 0.188. The van der Waals surface area contributed by atoms with Crippen molar-refractivity contribution in [1.82, 2.24) is 0 Å². The molecule has 1 heterocycles. The summed E-state index contributed by atoms with van der Waals surface area (Å²) in [6.45, 7) is 2.06. The summed E-state index contributed by atoms with van der Waals surface area (Å²) in [6, 6.07) is 0. The van der Waals surface area contributed by atoms with E-state index in [1.165, 1.54) is 5.57 Å². The van der Waals surface area contributed by atoms with Crippen LogP contribution in [0.2, 0.25) is 0 Å². The predicted octanol–water partition coefficient (Wildman–Crippen LogP) is 1.43. The third-order valence-corrected chi connectivity index (χ3v) is 2.89. The molecular weight excluding hydrogens is 168 g/mol. The lowest BCUT2D eigenvalue weighted by atomic mass is 9.81. The average Bonchev–Trinajstić information content (AvgIpc) is 2.42. The number of hydrogen-bond donors (Lipinski definition) is 0. The maximum atomic E-state index is 11.2. The Bertz CT molecular complexity index is 291. The van der Waals surface area contributed by atoms with Gasteiger partial charge in [0.25, 0.3) is 0 Å². The Hall–Kier alpha value is -1.12. The van der Waals surface area contributed by atoms with E-state index in [1.54, 1.807) is 0 Å². The fourth-order valence-electron chi connectivity index (χ4n) is 2.01. The van der Waals surface area contributed by atoms with E-state index in [2.05, 4.69) is 17.7 Å². The van der Waals surface area contributed by atoms with Gasteiger partial charge in [-0.05, 0) is 19.3 Å². The Balaban J connectivity index is 2.21. The molecule has 2 atom stereocenters. The highest BCUT2D eigenvalue weighted by Crippen LogP contribution is 2.36. The van der Waals surface area contributed by atoms with Crippen LogP contribution >= 0.6 is 0 Å². The first-order chi connectivity index (χ1) is 6.22. The van der Waals surface area contributed by atoms with Crippen molar-refractivity contribution in [3.05, 3.63) is 11.6 Å². The maximum absolute atomic E-state index is 11.2. The zero-order chi connectivity index (χ0) is 9.42. The number of esters is 2. The number of ether oxygens (including phenoxy) is 1. The molecule has 0 N–H and O–H groups in total. The molecule has 0 aromatic carbocycles. The Labute approximate surface area is 76.8 Å². The van der Waals surface area contributed by atoms with Crippen molar-refractivity contribution in [3.63, 3.8) is 0 Å². The third-order valence-electron chi connectivity index (χ3n) is 2.89. The van der Waals surface area contributed by atoms with Crippen LogP contribution in [-0.4, -0.2) is 11.9 Å². The van der Waals surface area contributed by atoms with Crippen molar-refractivity contribution < 1.29 is 14.3 Å². The lowest BCUT2D eigenvalue weighted by molar-refractivity contribution is -0.153. The molecule has 3 heteroatoms. The lowest BCUT2D eigenvalue weighted by Gasteiger charge is -2.19. The van der Waals surface area contributed by atoms with E-state index in [1.807, 2.05) is 0 Å². The molecule has 3 nitrogen and oxygen atoms in total. The van der Waals surface area contributed by atoms with Crippen LogP contribution in [0.1, 0.15) is 26.2 Å². The first kappa shape index (κ1) is 8.48. The number of cyclic esters (lactones) is 2. The van der Waals surface area contributed by atoms with E-state index in [-0.39, 0.29) is 23.8 Å². The molecule has 0 bridgehead atoms. The van der Waals surface area contributed by atoms with Crippen LogP contribution in [0.4, 0.5) is 0 Å². The Morgan fingerprint density at radius 3 is 2.77 bits per heavy atom. The molecule has 1 aliphatic heterocycles. The summed E-state index contributed by atoms with van der Waals surface area (Å²) in [7, 11) is 0. The summed E-state index contributed by atoms with van der Waals surface area (Å²) in [4.78, 5) is 22.4. The smallest absolute Gasteiger partial charge is 0.317 e. The van der Waals surface area contributed by atoms with Crippen molar-refractivity contribution in [2.24, 2.45) is 11.8 Å². The van der Waals surface area contributed by atoms with E-state index >= 15 is 0 Å². The second-order valence-electron chi connectivity index (χ2n) is 3.61. The van der Waals surface area contributed by atoms with E-state index < -0.39 is 0 Å². The monoisotopic (exact) mass is 180 g/mol. The number of carbonyl (C=O) groups is 2. The van der Waals surface area contributed by atoms with Crippen LogP contribution in [0.5, 0.6) is 0 Å². The van der Waals surface area contributed by atoms with E-state index in [4.69, 9.17) is 0 Å². The van der Waals surface area contributed by atoms with Gasteiger partial charge in [-0.2, -0.15) is 0 Å². The van der Waals surface area contributed by atoms with Gasteiger partial charge in [-0.15, -0.1) is 0 Å². The summed E-state index contributed by atoms with van der Waals surface area (Å²) in [5.74, 6) is -1.04.